The van der Waals surface area contributed by atoms with Crippen LogP contribution in [0.4, 0.5) is 10.1 Å². The lowest BCUT2D eigenvalue weighted by Crippen LogP contribution is -2.34. The van der Waals surface area contributed by atoms with Gasteiger partial charge >= 0.3 is 0 Å². The first-order chi connectivity index (χ1) is 17.8. The summed E-state index contributed by atoms with van der Waals surface area (Å²) in [5.41, 5.74) is 9.07. The van der Waals surface area contributed by atoms with Crippen molar-refractivity contribution < 1.29 is 14.3 Å². The fraction of sp³-hybridized carbons (Fsp3) is 0.345. The summed E-state index contributed by atoms with van der Waals surface area (Å²) in [5.74, 6) is -0.389. The number of aliphatic hydroxyl groups excluding tert-OH is 1. The molecule has 2 aromatic carbocycles. The molecule has 0 saturated carbocycles. The van der Waals surface area contributed by atoms with Gasteiger partial charge in [-0.05, 0) is 72.7 Å². The zero-order valence-corrected chi connectivity index (χ0v) is 21.6. The predicted molar refractivity (Wildman–Crippen MR) is 146 cm³/mol. The lowest BCUT2D eigenvalue weighted by atomic mass is 9.98. The van der Waals surface area contributed by atoms with Gasteiger partial charge in [-0.2, -0.15) is 0 Å². The molecule has 0 spiro atoms. The molecule has 4 rings (SSSR count). The van der Waals surface area contributed by atoms with Crippen LogP contribution in [0.5, 0.6) is 0 Å². The Kier molecular flexibility index (Phi) is 7.88. The van der Waals surface area contributed by atoms with E-state index >= 15 is 4.39 Å². The van der Waals surface area contributed by atoms with Crippen molar-refractivity contribution in [3.8, 4) is 11.1 Å². The highest BCUT2D eigenvalue weighted by Crippen LogP contribution is 2.35. The number of hydrogen-bond donors (Lipinski definition) is 2. The van der Waals surface area contributed by atoms with E-state index in [1.54, 1.807) is 29.2 Å². The number of aromatic nitrogens is 1. The van der Waals surface area contributed by atoms with Crippen molar-refractivity contribution in [1.82, 2.24) is 9.47 Å². The van der Waals surface area contributed by atoms with Gasteiger partial charge in [0.15, 0.2) is 0 Å². The van der Waals surface area contributed by atoms with E-state index in [0.717, 1.165) is 29.5 Å². The smallest absolute Gasteiger partial charge is 0.258 e. The van der Waals surface area contributed by atoms with Gasteiger partial charge in [-0.15, -0.1) is 0 Å². The fourth-order valence-corrected chi connectivity index (χ4v) is 4.86. The molecule has 1 aliphatic rings. The molecule has 0 bridgehead atoms. The number of nitrogens with zero attached hydrogens (tertiary/aromatic N) is 3. The molecular weight excluding hydrogens is 471 g/mol. The number of nitrogens with two attached hydrogens (primary N) is 1. The number of aliphatic imine (C=N–C) groups is 1. The lowest BCUT2D eigenvalue weighted by Gasteiger charge is -2.22. The molecule has 0 atom stereocenters. The standard InChI is InChI=1S/C29H33FN4O3/c1-4-8-33(9-5-2)28(36)22-14-24-25(30)15-20(16-26(24)32-27(31)17-22)19-6-7-23-21(13-19)12-18(3)34(10-11-35)29(23)37/h6-7,12-16,35H,4-5,8-11,17H2,1-3H3,(H2,31,32). The molecule has 194 valence electrons. The summed E-state index contributed by atoms with van der Waals surface area (Å²) < 4.78 is 17.0. The molecule has 37 heavy (non-hydrogen) atoms. The number of aryl methyl sites for hydroxylation is 1. The molecule has 8 heteroatoms. The third-order valence-electron chi connectivity index (χ3n) is 6.59. The maximum Gasteiger partial charge on any atom is 0.258 e. The number of carbonyl (C=O) groups excluding carboxylic acids is 1. The molecule has 3 aromatic rings. The van der Waals surface area contributed by atoms with E-state index in [1.807, 2.05) is 32.9 Å². The summed E-state index contributed by atoms with van der Waals surface area (Å²) in [7, 11) is 0. The van der Waals surface area contributed by atoms with Crippen molar-refractivity contribution >= 4 is 34.3 Å². The third-order valence-corrected chi connectivity index (χ3v) is 6.59. The minimum atomic E-state index is -0.497. The number of halogens is 1. The molecule has 0 fully saturated rings. The number of amides is 1. The van der Waals surface area contributed by atoms with Gasteiger partial charge in [-0.1, -0.05) is 19.9 Å². The highest BCUT2D eigenvalue weighted by atomic mass is 19.1. The predicted octanol–water partition coefficient (Wildman–Crippen LogP) is 4.53. The topological polar surface area (TPSA) is 101 Å². The Morgan fingerprint density at radius 1 is 1.14 bits per heavy atom. The molecule has 7 nitrogen and oxygen atoms in total. The van der Waals surface area contributed by atoms with Crippen LogP contribution in [0, 0.1) is 12.7 Å². The lowest BCUT2D eigenvalue weighted by molar-refractivity contribution is -0.127. The van der Waals surface area contributed by atoms with Gasteiger partial charge in [0.25, 0.3) is 5.56 Å². The van der Waals surface area contributed by atoms with Crippen molar-refractivity contribution in [2.45, 2.75) is 46.6 Å². The van der Waals surface area contributed by atoms with Gasteiger partial charge in [0, 0.05) is 48.3 Å². The maximum absolute atomic E-state index is 15.5. The van der Waals surface area contributed by atoms with Gasteiger partial charge in [-0.3, -0.25) is 9.59 Å². The summed E-state index contributed by atoms with van der Waals surface area (Å²) in [5, 5.41) is 10.5. The highest BCUT2D eigenvalue weighted by molar-refractivity contribution is 6.05. The second-order valence-corrected chi connectivity index (χ2v) is 9.40. The summed E-state index contributed by atoms with van der Waals surface area (Å²) >= 11 is 0. The maximum atomic E-state index is 15.5. The second-order valence-electron chi connectivity index (χ2n) is 9.40. The van der Waals surface area contributed by atoms with E-state index in [2.05, 4.69) is 4.99 Å². The van der Waals surface area contributed by atoms with Crippen LogP contribution in [0.15, 0.2) is 51.8 Å². The second kappa shape index (κ2) is 11.1. The number of amidine groups is 1. The van der Waals surface area contributed by atoms with Crippen LogP contribution in [0.1, 0.15) is 44.4 Å². The van der Waals surface area contributed by atoms with Crippen LogP contribution in [0.25, 0.3) is 28.0 Å². The van der Waals surface area contributed by atoms with Gasteiger partial charge in [-0.25, -0.2) is 9.38 Å². The molecule has 2 heterocycles. The van der Waals surface area contributed by atoms with Crippen molar-refractivity contribution in [2.75, 3.05) is 19.7 Å². The molecule has 0 radical (unpaired) electrons. The van der Waals surface area contributed by atoms with Crippen molar-refractivity contribution in [3.05, 3.63) is 69.4 Å². The van der Waals surface area contributed by atoms with Crippen LogP contribution in [0.3, 0.4) is 0 Å². The molecule has 0 aliphatic carbocycles. The third kappa shape index (κ3) is 5.34. The van der Waals surface area contributed by atoms with Crippen LogP contribution >= 0.6 is 0 Å². The van der Waals surface area contributed by atoms with Crippen LogP contribution < -0.4 is 11.3 Å². The van der Waals surface area contributed by atoms with E-state index in [9.17, 15) is 14.7 Å². The molecule has 0 unspecified atom stereocenters. The Balaban J connectivity index is 1.77. The van der Waals surface area contributed by atoms with E-state index < -0.39 is 5.82 Å². The summed E-state index contributed by atoms with van der Waals surface area (Å²) in [4.78, 5) is 32.3. The largest absolute Gasteiger partial charge is 0.395 e. The Bertz CT molecular complexity index is 1470. The van der Waals surface area contributed by atoms with E-state index in [0.29, 0.717) is 35.3 Å². The molecule has 0 saturated heterocycles. The van der Waals surface area contributed by atoms with Gasteiger partial charge in [0.2, 0.25) is 5.91 Å². The Labute approximate surface area is 215 Å². The average molecular weight is 505 g/mol. The molecule has 1 amide bonds. The fourth-order valence-electron chi connectivity index (χ4n) is 4.86. The molecule has 1 aromatic heterocycles. The molecular formula is C29H33FN4O3. The quantitative estimate of drug-likeness (QED) is 0.471. The van der Waals surface area contributed by atoms with E-state index in [-0.39, 0.29) is 42.4 Å². The van der Waals surface area contributed by atoms with Crippen molar-refractivity contribution in [2.24, 2.45) is 10.7 Å². The highest BCUT2D eigenvalue weighted by Gasteiger charge is 2.23. The SMILES string of the molecule is CCCN(CCC)C(=O)C1=Cc2c(F)cc(-c3ccc4c(=O)n(CCO)c(C)cc4c3)cc2N=C(N)C1. The normalized spacial score (nSPS) is 13.1. The summed E-state index contributed by atoms with van der Waals surface area (Å²) in [6.07, 6.45) is 3.39. The molecule has 3 N–H and O–H groups in total. The Morgan fingerprint density at radius 2 is 1.86 bits per heavy atom. The number of aliphatic hydroxyl groups is 1. The Morgan fingerprint density at radius 3 is 2.54 bits per heavy atom. The number of rotatable bonds is 8. The monoisotopic (exact) mass is 504 g/mol. The summed E-state index contributed by atoms with van der Waals surface area (Å²) in [6, 6.07) is 10.4. The minimum Gasteiger partial charge on any atom is -0.395 e. The average Bonchev–Trinajstić information content (AvgIpc) is 3.04. The van der Waals surface area contributed by atoms with Crippen LogP contribution in [-0.2, 0) is 11.3 Å². The van der Waals surface area contributed by atoms with Gasteiger partial charge < -0.3 is 20.3 Å². The van der Waals surface area contributed by atoms with Crippen molar-refractivity contribution in [1.29, 1.82) is 0 Å². The van der Waals surface area contributed by atoms with Crippen molar-refractivity contribution in [3.63, 3.8) is 0 Å². The first kappa shape index (κ1) is 26.3. The summed E-state index contributed by atoms with van der Waals surface area (Å²) in [6.45, 7) is 7.20. The zero-order chi connectivity index (χ0) is 26.7. The number of hydrogen-bond acceptors (Lipinski definition) is 5. The van der Waals surface area contributed by atoms with Crippen LogP contribution in [-0.4, -0.2) is 46.0 Å². The number of carbonyl (C=O) groups is 1. The zero-order valence-electron chi connectivity index (χ0n) is 21.6. The first-order valence-corrected chi connectivity index (χ1v) is 12.7. The minimum absolute atomic E-state index is 0.126. The Hall–Kier alpha value is -3.78. The van der Waals surface area contributed by atoms with Gasteiger partial charge in [0.05, 0.1) is 12.3 Å². The number of benzene rings is 2. The van der Waals surface area contributed by atoms with Crippen LogP contribution in [0.2, 0.25) is 0 Å². The van der Waals surface area contributed by atoms with Gasteiger partial charge in [0.1, 0.15) is 11.7 Å². The van der Waals surface area contributed by atoms with E-state index in [4.69, 9.17) is 5.73 Å². The van der Waals surface area contributed by atoms with E-state index in [1.165, 1.54) is 10.6 Å². The number of fused-ring (bicyclic) bond motifs is 2. The first-order valence-electron chi connectivity index (χ1n) is 12.7. The molecule has 1 aliphatic heterocycles. The number of pyridine rings is 1.